The summed E-state index contributed by atoms with van der Waals surface area (Å²) in [7, 11) is 0. The third-order valence-electron chi connectivity index (χ3n) is 6.86. The van der Waals surface area contributed by atoms with Gasteiger partial charge in [-0.1, -0.05) is 81.5 Å². The molecule has 0 spiro atoms. The van der Waals surface area contributed by atoms with Crippen LogP contribution < -0.4 is 24.8 Å². The summed E-state index contributed by atoms with van der Waals surface area (Å²) < 4.78 is 1.80. The molecule has 0 aliphatic heterocycles. The van der Waals surface area contributed by atoms with Gasteiger partial charge in [0.1, 0.15) is 0 Å². The SMILES string of the molecule is C=Cc1c[c-]c2c(c1)-c1cc(C=C)ccc1C2.CCc1cc(C(C)(C)C)c[cH-]1.[Cl-].[Cl-].[Zr+2]=[C]1CCCCC1. The minimum absolute atomic E-state index is 0. The van der Waals surface area contributed by atoms with Gasteiger partial charge >= 0.3 is 59.5 Å². The Morgan fingerprint density at radius 3 is 2.08 bits per heavy atom. The molecule has 0 nitrogen and oxygen atoms in total. The van der Waals surface area contributed by atoms with E-state index in [4.69, 9.17) is 0 Å². The van der Waals surface area contributed by atoms with Crippen LogP contribution in [-0.2, 0) is 42.5 Å². The number of benzene rings is 2. The molecule has 0 heterocycles. The summed E-state index contributed by atoms with van der Waals surface area (Å²) in [6.07, 6.45) is 13.2. The van der Waals surface area contributed by atoms with E-state index in [0.29, 0.717) is 5.41 Å². The van der Waals surface area contributed by atoms with Crippen LogP contribution in [0.25, 0.3) is 23.3 Å². The van der Waals surface area contributed by atoms with Crippen LogP contribution in [0.3, 0.4) is 0 Å². The molecule has 2 aliphatic rings. The zero-order chi connectivity index (χ0) is 25.4. The van der Waals surface area contributed by atoms with Gasteiger partial charge in [0.05, 0.1) is 0 Å². The predicted molar refractivity (Wildman–Crippen MR) is 152 cm³/mol. The molecule has 0 saturated heterocycles. The maximum atomic E-state index is 3.82. The normalized spacial score (nSPS) is 13.3. The number of hydrogen-bond acceptors (Lipinski definition) is 0. The van der Waals surface area contributed by atoms with Gasteiger partial charge in [0.2, 0.25) is 0 Å². The van der Waals surface area contributed by atoms with Crippen LogP contribution in [0.15, 0.2) is 61.7 Å². The van der Waals surface area contributed by atoms with E-state index in [0.717, 1.165) is 18.4 Å². The molecule has 2 aliphatic carbocycles. The van der Waals surface area contributed by atoms with Gasteiger partial charge in [-0.05, 0) is 12.0 Å². The summed E-state index contributed by atoms with van der Waals surface area (Å²) in [6, 6.07) is 20.8. The molecule has 3 aromatic carbocycles. The Kier molecular flexibility index (Phi) is 14.4. The van der Waals surface area contributed by atoms with E-state index >= 15 is 0 Å². The Bertz CT molecular complexity index is 1110. The van der Waals surface area contributed by atoms with Gasteiger partial charge in [-0.15, -0.1) is 23.8 Å². The van der Waals surface area contributed by atoms with Crippen LogP contribution >= 0.6 is 0 Å². The second-order valence-corrected chi connectivity index (χ2v) is 12.3. The van der Waals surface area contributed by atoms with Crippen LogP contribution in [-0.4, -0.2) is 3.21 Å². The van der Waals surface area contributed by atoms with Crippen LogP contribution in [0.1, 0.15) is 93.2 Å². The summed E-state index contributed by atoms with van der Waals surface area (Å²) in [5.41, 5.74) is 10.8. The molecule has 5 rings (SSSR count). The van der Waals surface area contributed by atoms with Crippen molar-refractivity contribution in [3.8, 4) is 11.1 Å². The van der Waals surface area contributed by atoms with Crippen LogP contribution in [0, 0.1) is 6.07 Å². The fraction of sp³-hybridized carbons (Fsp3) is 0.353. The van der Waals surface area contributed by atoms with Gasteiger partial charge in [0.25, 0.3) is 0 Å². The fourth-order valence-electron chi connectivity index (χ4n) is 4.52. The first kappa shape index (κ1) is 33.6. The van der Waals surface area contributed by atoms with Crippen molar-refractivity contribution in [2.75, 3.05) is 0 Å². The zero-order valence-electron chi connectivity index (χ0n) is 22.9. The van der Waals surface area contributed by atoms with Crippen LogP contribution in [0.4, 0.5) is 0 Å². The van der Waals surface area contributed by atoms with Crippen molar-refractivity contribution in [2.24, 2.45) is 0 Å². The summed E-state index contributed by atoms with van der Waals surface area (Å²) in [6.45, 7) is 16.6. The third kappa shape index (κ3) is 9.69. The van der Waals surface area contributed by atoms with Crippen LogP contribution in [0.2, 0.25) is 0 Å². The first-order valence-corrected chi connectivity index (χ1v) is 14.2. The Morgan fingerprint density at radius 2 is 1.59 bits per heavy atom. The number of aryl methyl sites for hydroxylation is 1. The summed E-state index contributed by atoms with van der Waals surface area (Å²) in [5.74, 6) is 0. The molecule has 1 saturated carbocycles. The van der Waals surface area contributed by atoms with E-state index in [1.54, 1.807) is 27.4 Å². The molecule has 1 fully saturated rings. The molecule has 0 atom stereocenters. The van der Waals surface area contributed by atoms with E-state index in [-0.39, 0.29) is 24.8 Å². The van der Waals surface area contributed by atoms with Gasteiger partial charge in [-0.3, -0.25) is 0 Å². The monoisotopic (exact) mass is 608 g/mol. The zero-order valence-corrected chi connectivity index (χ0v) is 26.9. The third-order valence-corrected chi connectivity index (χ3v) is 8.09. The van der Waals surface area contributed by atoms with E-state index in [2.05, 4.69) is 89.4 Å². The standard InChI is InChI=1S/C17H13.C11H17.C6H10.2ClH.Zr/c1-3-12-5-7-14-11-15-8-6-13(4-2)10-17(15)16(14)9-12;1-5-9-6-7-10(8-9)11(2,3)4;1-2-4-6-5-3-1;;;/h3-7,9-10H,1-2,11H2;6-8H,5H2,1-4H3;1-5H2;2*1H;/q2*-1;;;;+2/p-2. The van der Waals surface area contributed by atoms with Gasteiger partial charge in [-0.25, -0.2) is 6.07 Å². The van der Waals surface area contributed by atoms with Crippen molar-refractivity contribution >= 4 is 15.4 Å². The Balaban J connectivity index is 0.000000297. The first-order chi connectivity index (χ1) is 16.7. The summed E-state index contributed by atoms with van der Waals surface area (Å²) in [4.78, 5) is 0. The molecule has 37 heavy (non-hydrogen) atoms. The molecule has 0 amide bonds. The first-order valence-electron chi connectivity index (χ1n) is 13.0. The van der Waals surface area contributed by atoms with E-state index < -0.39 is 0 Å². The molecule has 0 unspecified atom stereocenters. The molecule has 3 aromatic rings. The molecule has 0 bridgehead atoms. The molecule has 3 heteroatoms. The van der Waals surface area contributed by atoms with E-state index in [1.165, 1.54) is 71.0 Å². The quantitative estimate of drug-likeness (QED) is 0.313. The minimum atomic E-state index is 0. The summed E-state index contributed by atoms with van der Waals surface area (Å²) >= 11 is 1.69. The van der Waals surface area contributed by atoms with Crippen molar-refractivity contribution in [2.45, 2.75) is 78.1 Å². The average molecular weight is 611 g/mol. The average Bonchev–Trinajstić information content (AvgIpc) is 3.49. The van der Waals surface area contributed by atoms with Gasteiger partial charge < -0.3 is 24.8 Å². The number of halogens is 2. The number of hydrogen-bond donors (Lipinski definition) is 0. The van der Waals surface area contributed by atoms with Crippen LogP contribution in [0.5, 0.6) is 0 Å². The Morgan fingerprint density at radius 1 is 0.946 bits per heavy atom. The fourth-order valence-corrected chi connectivity index (χ4v) is 5.39. The maximum absolute atomic E-state index is 3.82. The topological polar surface area (TPSA) is 0 Å². The van der Waals surface area contributed by atoms with Crippen molar-refractivity contribution < 1.29 is 49.0 Å². The molecule has 0 radical (unpaired) electrons. The van der Waals surface area contributed by atoms with Crippen molar-refractivity contribution in [3.05, 3.63) is 101 Å². The van der Waals surface area contributed by atoms with Gasteiger partial charge in [0, 0.05) is 0 Å². The molecule has 0 N–H and O–H groups in total. The molecular weight excluding hydrogens is 571 g/mol. The number of fused-ring (bicyclic) bond motifs is 3. The molecule has 196 valence electrons. The second-order valence-electron chi connectivity index (χ2n) is 10.6. The van der Waals surface area contributed by atoms with Gasteiger partial charge in [-0.2, -0.15) is 47.0 Å². The van der Waals surface area contributed by atoms with Crippen molar-refractivity contribution in [1.82, 2.24) is 0 Å². The van der Waals surface area contributed by atoms with E-state index in [1.807, 2.05) is 18.2 Å². The van der Waals surface area contributed by atoms with Crippen molar-refractivity contribution in [1.29, 1.82) is 0 Å². The predicted octanol–water partition coefficient (Wildman–Crippen LogP) is 3.29. The van der Waals surface area contributed by atoms with E-state index in [9.17, 15) is 0 Å². The van der Waals surface area contributed by atoms with Crippen molar-refractivity contribution in [3.63, 3.8) is 0 Å². The molecular formula is C34H40Cl2Zr-2. The van der Waals surface area contributed by atoms with Gasteiger partial charge in [0.15, 0.2) is 0 Å². The number of rotatable bonds is 3. The second kappa shape index (κ2) is 15.9. The summed E-state index contributed by atoms with van der Waals surface area (Å²) in [5, 5.41) is 0. The Labute approximate surface area is 253 Å². The Hall–Kier alpha value is -1.40. The molecule has 0 aromatic heterocycles.